The number of carboxylic acid groups (broad SMARTS) is 7. The Balaban J connectivity index is -0.0000000992. The molecule has 0 rings (SSSR count). The topological polar surface area (TPSA) is 391 Å². The molecule has 0 aliphatic carbocycles. The van der Waals surface area contributed by atoms with Gasteiger partial charge in [0.25, 0.3) is 0 Å². The van der Waals surface area contributed by atoms with Gasteiger partial charge in [-0.05, 0) is 0 Å². The second-order valence-corrected chi connectivity index (χ2v) is 10.4. The summed E-state index contributed by atoms with van der Waals surface area (Å²) in [6.45, 7) is -3.25. The summed E-state index contributed by atoms with van der Waals surface area (Å²) in [5, 5.41) is 75.4. The summed E-state index contributed by atoms with van der Waals surface area (Å²) in [7, 11) is -7.87. The molecule has 0 spiro atoms. The summed E-state index contributed by atoms with van der Waals surface area (Å²) in [6.07, 6.45) is -2.29. The van der Waals surface area contributed by atoms with Gasteiger partial charge in [0.15, 0.2) is 5.60 Å². The van der Waals surface area contributed by atoms with Crippen molar-refractivity contribution in [3.63, 3.8) is 0 Å². The second-order valence-electron chi connectivity index (χ2n) is 7.03. The van der Waals surface area contributed by atoms with E-state index in [-0.39, 0.29) is 131 Å². The summed E-state index contributed by atoms with van der Waals surface area (Å²) in [5.41, 5.74) is -2.74. The quantitative estimate of drug-likeness (QED) is 0.0352. The van der Waals surface area contributed by atoms with Crippen LogP contribution in [-0.2, 0) is 52.8 Å². The molecule has 0 aromatic rings. The molecule has 0 amide bonds. The van der Waals surface area contributed by atoms with Crippen molar-refractivity contribution in [2.45, 2.75) is 18.4 Å². The van der Waals surface area contributed by atoms with E-state index in [1.54, 1.807) is 0 Å². The molecule has 0 saturated heterocycles. The molecule has 22 nitrogen and oxygen atoms in total. The van der Waals surface area contributed by atoms with Gasteiger partial charge in [-0.25, -0.2) is 9.00 Å². The third-order valence-corrected chi connectivity index (χ3v) is 5.05. The number of aliphatic carboxylic acids is 7. The summed E-state index contributed by atoms with van der Waals surface area (Å²) in [6, 6.07) is 0. The molecule has 0 aliphatic rings. The van der Waals surface area contributed by atoms with Crippen molar-refractivity contribution in [3.05, 3.63) is 0 Å². The van der Waals surface area contributed by atoms with E-state index in [9.17, 15) is 66.6 Å². The van der Waals surface area contributed by atoms with Crippen LogP contribution in [0.25, 0.3) is 0 Å². The average molecular weight is 718 g/mol. The Kier molecular flexibility index (Phi) is 41.3. The Morgan fingerprint density at radius 3 is 0.955 bits per heavy atom. The maximum atomic E-state index is 10.4. The van der Waals surface area contributed by atoms with Crippen molar-refractivity contribution < 1.29 is 214 Å². The van der Waals surface area contributed by atoms with Gasteiger partial charge < -0.3 is 60.0 Å². The van der Waals surface area contributed by atoms with Crippen LogP contribution < -0.4 is 139 Å². The number of nitrogens with zero attached hydrogens (tertiary/aromatic N) is 2. The second kappa shape index (κ2) is 30.5. The molecule has 0 saturated carbocycles. The van der Waals surface area contributed by atoms with Gasteiger partial charge in [-0.15, -0.1) is 0 Å². The Bertz CT molecular complexity index is 992. The molecule has 0 bridgehead atoms. The van der Waals surface area contributed by atoms with Gasteiger partial charge in [-0.3, -0.25) is 28.5 Å². The van der Waals surface area contributed by atoms with Crippen molar-refractivity contribution in [1.29, 1.82) is 0 Å². The van der Waals surface area contributed by atoms with E-state index in [0.29, 0.717) is 0 Å². The van der Waals surface area contributed by atoms with E-state index >= 15 is 0 Å². The molecular formula is C16H22N2Na4O20S2. The van der Waals surface area contributed by atoms with Crippen LogP contribution in [0, 0.1) is 0 Å². The first-order valence-corrected chi connectivity index (χ1v) is 12.7. The molecule has 1 atom stereocenters. The summed E-state index contributed by atoms with van der Waals surface area (Å²) >= 11 is 0. The number of hydrogen-bond donors (Lipinski definition) is 6. The first-order chi connectivity index (χ1) is 17.9. The van der Waals surface area contributed by atoms with Gasteiger partial charge in [0, 0.05) is 39.3 Å². The van der Waals surface area contributed by atoms with Gasteiger partial charge in [-0.1, -0.05) is 0 Å². The Labute approximate surface area is 338 Å². The first-order valence-electron chi connectivity index (χ1n) is 9.65. The zero-order chi connectivity index (χ0) is 32.4. The molecule has 0 aromatic heterocycles. The number of hydrogen-bond acceptors (Lipinski definition) is 17. The predicted molar refractivity (Wildman–Crippen MR) is 112 cm³/mol. The maximum Gasteiger partial charge on any atom is 1.00 e. The van der Waals surface area contributed by atoms with E-state index in [0.717, 1.165) is 9.80 Å². The number of carboxylic acids is 7. The Morgan fingerprint density at radius 1 is 0.636 bits per heavy atom. The van der Waals surface area contributed by atoms with Crippen LogP contribution in [0.5, 0.6) is 0 Å². The SMILES string of the molecule is O=C(O)CC(O)(CC(=O)O)C(=O)O.O=C([O-])CN(CCN(CC(=O)[O-])CC(=O)[O-])CC(=O)[O-].O=S(O)S(=O)(=O)O.[Na+].[Na+].[Na+].[Na+]. The third-order valence-electron chi connectivity index (χ3n) is 3.61. The molecule has 1 unspecified atom stereocenters. The van der Waals surface area contributed by atoms with E-state index in [2.05, 4.69) is 0 Å². The number of rotatable bonds is 17. The fraction of sp³-hybridized carbons (Fsp3) is 0.562. The summed E-state index contributed by atoms with van der Waals surface area (Å²) in [5.74, 6) is -11.1. The van der Waals surface area contributed by atoms with Crippen LogP contribution in [0.1, 0.15) is 12.8 Å². The molecule has 28 heteroatoms. The zero-order valence-corrected chi connectivity index (χ0v) is 33.4. The van der Waals surface area contributed by atoms with E-state index < -0.39 is 106 Å². The molecule has 0 aromatic carbocycles. The van der Waals surface area contributed by atoms with Crippen molar-refractivity contribution >= 4 is 61.0 Å². The molecule has 44 heavy (non-hydrogen) atoms. The van der Waals surface area contributed by atoms with Crippen LogP contribution in [0.2, 0.25) is 0 Å². The summed E-state index contributed by atoms with van der Waals surface area (Å²) < 4.78 is 43.0. The van der Waals surface area contributed by atoms with Crippen molar-refractivity contribution in [2.75, 3.05) is 39.3 Å². The van der Waals surface area contributed by atoms with Crippen molar-refractivity contribution in [2.24, 2.45) is 0 Å². The predicted octanol–water partition coefficient (Wildman–Crippen LogP) is -21.6. The monoisotopic (exact) mass is 718 g/mol. The largest absolute Gasteiger partial charge is 1.00 e. The van der Waals surface area contributed by atoms with Gasteiger partial charge in [-0.2, -0.15) is 8.42 Å². The van der Waals surface area contributed by atoms with Crippen LogP contribution in [0.15, 0.2) is 0 Å². The molecule has 0 heterocycles. The molecular weight excluding hydrogens is 696 g/mol. The minimum absolute atomic E-state index is 0. The van der Waals surface area contributed by atoms with Gasteiger partial charge >= 0.3 is 155 Å². The normalized spacial score (nSPS) is 10.7. The van der Waals surface area contributed by atoms with Gasteiger partial charge in [0.2, 0.25) is 0 Å². The third kappa shape index (κ3) is 38.4. The maximum absolute atomic E-state index is 10.4. The average Bonchev–Trinajstić information content (AvgIpc) is 2.69. The van der Waals surface area contributed by atoms with Crippen LogP contribution >= 0.6 is 0 Å². The fourth-order valence-corrected chi connectivity index (χ4v) is 2.16. The van der Waals surface area contributed by atoms with Crippen LogP contribution in [0.4, 0.5) is 0 Å². The first kappa shape index (κ1) is 59.6. The van der Waals surface area contributed by atoms with Crippen molar-refractivity contribution in [3.8, 4) is 0 Å². The van der Waals surface area contributed by atoms with E-state index in [1.807, 2.05) is 0 Å². The Hall–Kier alpha value is 0.190. The minimum atomic E-state index is -4.71. The number of aliphatic hydroxyl groups is 1. The van der Waals surface area contributed by atoms with Crippen LogP contribution in [0.3, 0.4) is 0 Å². The standard InChI is InChI=1S/C10H16N2O8.C6H8O7.4Na.H2O5S2/c13-7(14)3-11(4-8(15)16)1-2-12(5-9(17)18)6-10(19)20;7-3(8)1-6(13,5(11)12)2-4(9)10;;;;;1-6(2)7(3,4)5/h1-6H2,(H,13,14)(H,15,16)(H,17,18)(H,19,20);13H,1-2H2,(H,7,8)(H,9,10)(H,11,12);;;;;(H,1,2)(H,3,4,5)/q;;4*+1;/p-4. The Morgan fingerprint density at radius 2 is 0.841 bits per heavy atom. The smallest absolute Gasteiger partial charge is 0.549 e. The minimum Gasteiger partial charge on any atom is -0.549 e. The zero-order valence-electron chi connectivity index (χ0n) is 23.8. The molecule has 0 fully saturated rings. The molecule has 232 valence electrons. The number of carbonyl (C=O) groups excluding carboxylic acids is 4. The molecule has 0 radical (unpaired) electrons. The summed E-state index contributed by atoms with van der Waals surface area (Å²) in [4.78, 5) is 73.9. The fourth-order valence-electron chi connectivity index (χ4n) is 2.16. The van der Waals surface area contributed by atoms with Gasteiger partial charge in [0.1, 0.15) is 0 Å². The molecule has 0 aliphatic heterocycles. The number of carbonyl (C=O) groups is 7. The van der Waals surface area contributed by atoms with Crippen molar-refractivity contribution in [1.82, 2.24) is 9.80 Å². The van der Waals surface area contributed by atoms with Gasteiger partial charge in [0.05, 0.1) is 36.7 Å². The van der Waals surface area contributed by atoms with E-state index in [4.69, 9.17) is 29.5 Å². The molecule has 6 N–H and O–H groups in total. The van der Waals surface area contributed by atoms with Crippen LogP contribution in [-0.4, -0.2) is 139 Å². The van der Waals surface area contributed by atoms with E-state index in [1.165, 1.54) is 0 Å².